The minimum atomic E-state index is -0.991. The van der Waals surface area contributed by atoms with Crippen LogP contribution in [0.2, 0.25) is 0 Å². The maximum Gasteiger partial charge on any atom is 0.336 e. The maximum atomic E-state index is 12.0. The van der Waals surface area contributed by atoms with Crippen LogP contribution >= 0.6 is 0 Å². The number of aromatic nitrogens is 3. The van der Waals surface area contributed by atoms with Gasteiger partial charge in [-0.1, -0.05) is 42.0 Å². The standard InChI is InChI=1S/C26H22N4O2/c1-17-5-8-19(9-6-17)14-22(25(31)32)20-10-7-18(2)24(15-20)30-26-28-13-11-23(29-26)21-4-3-12-27-16-21/h3-16H,1-2H3,(H,31,32)(H,28,29,30)/b22-14+. The van der Waals surface area contributed by atoms with E-state index in [-0.39, 0.29) is 5.57 Å². The summed E-state index contributed by atoms with van der Waals surface area (Å²) < 4.78 is 0. The molecule has 0 aliphatic rings. The summed E-state index contributed by atoms with van der Waals surface area (Å²) in [7, 11) is 0. The van der Waals surface area contributed by atoms with E-state index < -0.39 is 5.97 Å². The number of aryl methyl sites for hydroxylation is 2. The second-order valence-electron chi connectivity index (χ2n) is 7.44. The normalized spacial score (nSPS) is 11.2. The Labute approximate surface area is 186 Å². The van der Waals surface area contributed by atoms with Crippen LogP contribution in [0.3, 0.4) is 0 Å². The molecular weight excluding hydrogens is 400 g/mol. The summed E-state index contributed by atoms with van der Waals surface area (Å²) in [5, 5.41) is 13.1. The summed E-state index contributed by atoms with van der Waals surface area (Å²) in [6.07, 6.45) is 6.81. The lowest BCUT2D eigenvalue weighted by atomic mass is 10.00. The number of anilines is 2. The summed E-state index contributed by atoms with van der Waals surface area (Å²) in [5.41, 5.74) is 6.07. The number of rotatable bonds is 6. The Bertz CT molecular complexity index is 1280. The molecule has 158 valence electrons. The lowest BCUT2D eigenvalue weighted by Gasteiger charge is -2.12. The average molecular weight is 422 g/mol. The van der Waals surface area contributed by atoms with Crippen molar-refractivity contribution in [3.63, 3.8) is 0 Å². The van der Waals surface area contributed by atoms with Crippen LogP contribution in [-0.2, 0) is 4.79 Å². The van der Waals surface area contributed by atoms with Crippen LogP contribution in [0.5, 0.6) is 0 Å². The van der Waals surface area contributed by atoms with Crippen molar-refractivity contribution in [1.29, 1.82) is 0 Å². The number of aliphatic carboxylic acids is 1. The molecule has 6 heteroatoms. The van der Waals surface area contributed by atoms with Crippen molar-refractivity contribution in [2.45, 2.75) is 13.8 Å². The molecule has 0 aliphatic carbocycles. The van der Waals surface area contributed by atoms with Crippen LogP contribution in [-0.4, -0.2) is 26.0 Å². The molecule has 2 aromatic heterocycles. The van der Waals surface area contributed by atoms with Crippen LogP contribution in [0.25, 0.3) is 22.9 Å². The summed E-state index contributed by atoms with van der Waals surface area (Å²) in [6.45, 7) is 3.94. The van der Waals surface area contributed by atoms with E-state index in [4.69, 9.17) is 0 Å². The average Bonchev–Trinajstić information content (AvgIpc) is 2.81. The third-order valence-electron chi connectivity index (χ3n) is 5.03. The minimum absolute atomic E-state index is 0.210. The van der Waals surface area contributed by atoms with E-state index in [1.54, 1.807) is 24.7 Å². The Morgan fingerprint density at radius 2 is 1.81 bits per heavy atom. The van der Waals surface area contributed by atoms with Gasteiger partial charge in [-0.15, -0.1) is 0 Å². The van der Waals surface area contributed by atoms with Gasteiger partial charge < -0.3 is 10.4 Å². The first-order chi connectivity index (χ1) is 15.5. The predicted molar refractivity (Wildman–Crippen MR) is 126 cm³/mol. The fraction of sp³-hybridized carbons (Fsp3) is 0.0769. The predicted octanol–water partition coefficient (Wildman–Crippen LogP) is 5.52. The molecule has 0 aliphatic heterocycles. The number of hydrogen-bond acceptors (Lipinski definition) is 5. The van der Waals surface area contributed by atoms with Gasteiger partial charge in [-0.25, -0.2) is 14.8 Å². The van der Waals surface area contributed by atoms with Gasteiger partial charge in [-0.3, -0.25) is 4.98 Å². The Morgan fingerprint density at radius 1 is 1.00 bits per heavy atom. The zero-order chi connectivity index (χ0) is 22.5. The molecule has 2 heterocycles. The van der Waals surface area contributed by atoms with Gasteiger partial charge in [0, 0.05) is 29.8 Å². The molecule has 4 rings (SSSR count). The van der Waals surface area contributed by atoms with Crippen LogP contribution in [0, 0.1) is 13.8 Å². The van der Waals surface area contributed by atoms with E-state index >= 15 is 0 Å². The van der Waals surface area contributed by atoms with E-state index in [0.717, 1.165) is 33.6 Å². The minimum Gasteiger partial charge on any atom is -0.478 e. The van der Waals surface area contributed by atoms with Gasteiger partial charge in [0.25, 0.3) is 0 Å². The van der Waals surface area contributed by atoms with Gasteiger partial charge in [-0.2, -0.15) is 0 Å². The summed E-state index contributed by atoms with van der Waals surface area (Å²) in [5.74, 6) is -0.568. The van der Waals surface area contributed by atoms with E-state index in [9.17, 15) is 9.90 Å². The largest absolute Gasteiger partial charge is 0.478 e. The smallest absolute Gasteiger partial charge is 0.336 e. The lowest BCUT2D eigenvalue weighted by Crippen LogP contribution is -2.03. The fourth-order valence-electron chi connectivity index (χ4n) is 3.24. The zero-order valence-electron chi connectivity index (χ0n) is 17.8. The molecule has 0 radical (unpaired) electrons. The molecule has 0 atom stereocenters. The highest BCUT2D eigenvalue weighted by Gasteiger charge is 2.13. The number of carboxylic acids is 1. The molecule has 0 saturated carbocycles. The highest BCUT2D eigenvalue weighted by atomic mass is 16.4. The first kappa shape index (κ1) is 20.9. The summed E-state index contributed by atoms with van der Waals surface area (Å²) in [6, 6.07) is 18.8. The van der Waals surface area contributed by atoms with Gasteiger partial charge in [0.15, 0.2) is 0 Å². The second-order valence-corrected chi connectivity index (χ2v) is 7.44. The number of nitrogens with zero attached hydrogens (tertiary/aromatic N) is 3. The first-order valence-corrected chi connectivity index (χ1v) is 10.1. The van der Waals surface area contributed by atoms with Crippen molar-refractivity contribution < 1.29 is 9.90 Å². The topological polar surface area (TPSA) is 88.0 Å². The molecule has 2 N–H and O–H groups in total. The molecular formula is C26H22N4O2. The van der Waals surface area contributed by atoms with Crippen molar-refractivity contribution in [2.75, 3.05) is 5.32 Å². The molecule has 2 aromatic carbocycles. The van der Waals surface area contributed by atoms with E-state index in [2.05, 4.69) is 20.3 Å². The SMILES string of the molecule is Cc1ccc(/C=C(/C(=O)O)c2ccc(C)c(Nc3nccc(-c4cccnc4)n3)c2)cc1. The molecule has 4 aromatic rings. The quantitative estimate of drug-likeness (QED) is 0.314. The van der Waals surface area contributed by atoms with Crippen LogP contribution in [0.15, 0.2) is 79.3 Å². The molecule has 0 unspecified atom stereocenters. The van der Waals surface area contributed by atoms with Crippen molar-refractivity contribution in [3.05, 3.63) is 102 Å². The van der Waals surface area contributed by atoms with Crippen molar-refractivity contribution >= 4 is 29.3 Å². The zero-order valence-corrected chi connectivity index (χ0v) is 17.8. The Kier molecular flexibility index (Phi) is 6.03. The number of benzene rings is 2. The van der Waals surface area contributed by atoms with Crippen LogP contribution in [0.1, 0.15) is 22.3 Å². The molecule has 0 saturated heterocycles. The second kappa shape index (κ2) is 9.22. The molecule has 6 nitrogen and oxygen atoms in total. The van der Waals surface area contributed by atoms with Gasteiger partial charge in [0.2, 0.25) is 5.95 Å². The lowest BCUT2D eigenvalue weighted by molar-refractivity contribution is -0.130. The summed E-state index contributed by atoms with van der Waals surface area (Å²) >= 11 is 0. The molecule has 0 fully saturated rings. The van der Waals surface area contributed by atoms with Crippen LogP contribution in [0.4, 0.5) is 11.6 Å². The van der Waals surface area contributed by atoms with Gasteiger partial charge >= 0.3 is 5.97 Å². The van der Waals surface area contributed by atoms with Crippen molar-refractivity contribution in [3.8, 4) is 11.3 Å². The molecule has 32 heavy (non-hydrogen) atoms. The monoisotopic (exact) mass is 422 g/mol. The van der Waals surface area contributed by atoms with E-state index in [1.165, 1.54) is 0 Å². The molecule has 0 spiro atoms. The third-order valence-corrected chi connectivity index (χ3v) is 5.03. The number of carboxylic acid groups (broad SMARTS) is 1. The van der Waals surface area contributed by atoms with Crippen LogP contribution < -0.4 is 5.32 Å². The number of hydrogen-bond donors (Lipinski definition) is 2. The maximum absolute atomic E-state index is 12.0. The van der Waals surface area contributed by atoms with Gasteiger partial charge in [-0.05, 0) is 60.9 Å². The third kappa shape index (κ3) is 4.87. The number of carbonyl (C=O) groups is 1. The Morgan fingerprint density at radius 3 is 2.53 bits per heavy atom. The van der Waals surface area contributed by atoms with Gasteiger partial charge in [0.05, 0.1) is 11.3 Å². The van der Waals surface area contributed by atoms with Crippen molar-refractivity contribution in [1.82, 2.24) is 15.0 Å². The Balaban J connectivity index is 1.67. The molecule has 0 amide bonds. The molecule has 0 bridgehead atoms. The number of pyridine rings is 1. The van der Waals surface area contributed by atoms with E-state index in [1.807, 2.05) is 74.5 Å². The fourth-order valence-corrected chi connectivity index (χ4v) is 3.24. The summed E-state index contributed by atoms with van der Waals surface area (Å²) in [4.78, 5) is 25.0. The van der Waals surface area contributed by atoms with Gasteiger partial charge in [0.1, 0.15) is 0 Å². The highest BCUT2D eigenvalue weighted by Crippen LogP contribution is 2.27. The highest BCUT2D eigenvalue weighted by molar-refractivity contribution is 6.20. The first-order valence-electron chi connectivity index (χ1n) is 10.1. The van der Waals surface area contributed by atoms with E-state index in [0.29, 0.717) is 11.5 Å². The number of nitrogens with one attached hydrogen (secondary N) is 1. The Hall–Kier alpha value is -4.32. The van der Waals surface area contributed by atoms with Crippen molar-refractivity contribution in [2.24, 2.45) is 0 Å².